The fourth-order valence-corrected chi connectivity index (χ4v) is 2.35. The molecule has 122 valence electrons. The maximum Gasteiger partial charge on any atom is 0.238 e. The number of hydrogen-bond donors (Lipinski definition) is 1. The molecule has 0 atom stereocenters. The molecule has 2 aromatic carbocycles. The number of amides is 1. The molecule has 3 nitrogen and oxygen atoms in total. The lowest BCUT2D eigenvalue weighted by Gasteiger charge is -2.16. The molecule has 0 aliphatic rings. The Morgan fingerprint density at radius 3 is 2.26 bits per heavy atom. The monoisotopic (exact) mass is 314 g/mol. The zero-order chi connectivity index (χ0) is 16.8. The Morgan fingerprint density at radius 1 is 1.09 bits per heavy atom. The van der Waals surface area contributed by atoms with Gasteiger partial charge in [0.15, 0.2) is 0 Å². The first-order valence-corrected chi connectivity index (χ1v) is 7.77. The van der Waals surface area contributed by atoms with Gasteiger partial charge >= 0.3 is 0 Å². The molecule has 4 heteroatoms. The van der Waals surface area contributed by atoms with Gasteiger partial charge < -0.3 is 5.32 Å². The van der Waals surface area contributed by atoms with Crippen LogP contribution in [0.2, 0.25) is 0 Å². The normalized spacial score (nSPS) is 11.0. The number of likely N-dealkylation sites (N-methyl/N-ethyl adjacent to an activating group) is 1. The number of nitrogens with zero attached hydrogens (tertiary/aromatic N) is 1. The lowest BCUT2D eigenvalue weighted by Crippen LogP contribution is -2.29. The van der Waals surface area contributed by atoms with E-state index in [9.17, 15) is 9.18 Å². The highest BCUT2D eigenvalue weighted by molar-refractivity contribution is 5.92. The first kappa shape index (κ1) is 17.2. The second kappa shape index (κ2) is 7.88. The zero-order valence-electron chi connectivity index (χ0n) is 13.8. The highest BCUT2D eigenvalue weighted by atomic mass is 19.1. The number of anilines is 1. The molecule has 0 aromatic heterocycles. The molecule has 2 rings (SSSR count). The van der Waals surface area contributed by atoms with E-state index in [2.05, 4.69) is 19.2 Å². The zero-order valence-corrected chi connectivity index (χ0v) is 13.8. The first-order valence-electron chi connectivity index (χ1n) is 7.77. The molecule has 0 radical (unpaired) electrons. The van der Waals surface area contributed by atoms with Crippen LogP contribution in [0.15, 0.2) is 48.5 Å². The van der Waals surface area contributed by atoms with Crippen molar-refractivity contribution in [3.8, 4) is 0 Å². The standard InChI is InChI=1S/C19H23FN2O/c1-14(2)16-6-10-18(11-7-16)21-19(23)13-22(3)12-15-4-8-17(20)9-5-15/h4-11,14H,12-13H2,1-3H3,(H,21,23). The van der Waals surface area contributed by atoms with E-state index in [-0.39, 0.29) is 18.3 Å². The SMILES string of the molecule is CC(C)c1ccc(NC(=O)CN(C)Cc2ccc(F)cc2)cc1. The number of carbonyl (C=O) groups excluding carboxylic acids is 1. The number of nitrogens with one attached hydrogen (secondary N) is 1. The summed E-state index contributed by atoms with van der Waals surface area (Å²) < 4.78 is 12.9. The second-order valence-electron chi connectivity index (χ2n) is 6.12. The third kappa shape index (κ3) is 5.49. The summed E-state index contributed by atoms with van der Waals surface area (Å²) in [6, 6.07) is 14.2. The van der Waals surface area contributed by atoms with E-state index >= 15 is 0 Å². The van der Waals surface area contributed by atoms with Crippen LogP contribution < -0.4 is 5.32 Å². The van der Waals surface area contributed by atoms with E-state index in [0.717, 1.165) is 11.3 Å². The largest absolute Gasteiger partial charge is 0.325 e. The summed E-state index contributed by atoms with van der Waals surface area (Å²) in [6.45, 7) is 5.15. The molecule has 0 saturated carbocycles. The Morgan fingerprint density at radius 2 is 1.70 bits per heavy atom. The lowest BCUT2D eigenvalue weighted by molar-refractivity contribution is -0.117. The molecule has 0 bridgehead atoms. The molecule has 0 spiro atoms. The van der Waals surface area contributed by atoms with Gasteiger partial charge in [0, 0.05) is 12.2 Å². The summed E-state index contributed by atoms with van der Waals surface area (Å²) >= 11 is 0. The Balaban J connectivity index is 1.84. The minimum Gasteiger partial charge on any atom is -0.325 e. The first-order chi connectivity index (χ1) is 10.9. The molecule has 23 heavy (non-hydrogen) atoms. The van der Waals surface area contributed by atoms with Crippen molar-refractivity contribution in [3.63, 3.8) is 0 Å². The summed E-state index contributed by atoms with van der Waals surface area (Å²) in [4.78, 5) is 14.0. The van der Waals surface area contributed by atoms with Crippen LogP contribution in [0.5, 0.6) is 0 Å². The fraction of sp³-hybridized carbons (Fsp3) is 0.316. The van der Waals surface area contributed by atoms with Crippen molar-refractivity contribution < 1.29 is 9.18 Å². The van der Waals surface area contributed by atoms with Gasteiger partial charge in [-0.05, 0) is 48.4 Å². The van der Waals surface area contributed by atoms with Gasteiger partial charge in [-0.1, -0.05) is 38.1 Å². The van der Waals surface area contributed by atoms with Crippen molar-refractivity contribution in [2.45, 2.75) is 26.3 Å². The van der Waals surface area contributed by atoms with Gasteiger partial charge in [-0.25, -0.2) is 4.39 Å². The molecule has 1 N–H and O–H groups in total. The summed E-state index contributed by atoms with van der Waals surface area (Å²) in [5, 5.41) is 2.89. The summed E-state index contributed by atoms with van der Waals surface area (Å²) in [7, 11) is 1.87. The molecule has 1 amide bonds. The Labute approximate surface area is 137 Å². The van der Waals surface area contributed by atoms with Gasteiger partial charge in [-0.2, -0.15) is 0 Å². The Hall–Kier alpha value is -2.20. The number of carbonyl (C=O) groups is 1. The predicted octanol–water partition coefficient (Wildman–Crippen LogP) is 4.02. The van der Waals surface area contributed by atoms with Gasteiger partial charge in [-0.3, -0.25) is 9.69 Å². The van der Waals surface area contributed by atoms with Crippen molar-refractivity contribution in [2.24, 2.45) is 0 Å². The van der Waals surface area contributed by atoms with Crippen molar-refractivity contribution in [3.05, 3.63) is 65.5 Å². The fourth-order valence-electron chi connectivity index (χ4n) is 2.35. The van der Waals surface area contributed by atoms with E-state index < -0.39 is 0 Å². The Kier molecular flexibility index (Phi) is 5.88. The lowest BCUT2D eigenvalue weighted by atomic mass is 10.0. The highest BCUT2D eigenvalue weighted by Gasteiger charge is 2.08. The van der Waals surface area contributed by atoms with Crippen LogP contribution in [0.4, 0.5) is 10.1 Å². The van der Waals surface area contributed by atoms with Crippen molar-refractivity contribution in [1.29, 1.82) is 0 Å². The maximum absolute atomic E-state index is 12.9. The topological polar surface area (TPSA) is 32.3 Å². The summed E-state index contributed by atoms with van der Waals surface area (Å²) in [5.41, 5.74) is 3.02. The van der Waals surface area contributed by atoms with Gasteiger partial charge in [-0.15, -0.1) is 0 Å². The summed E-state index contributed by atoms with van der Waals surface area (Å²) in [6.07, 6.45) is 0. The minimum atomic E-state index is -0.251. The molecule has 0 aliphatic carbocycles. The third-order valence-corrected chi connectivity index (χ3v) is 3.64. The maximum atomic E-state index is 12.9. The van der Waals surface area contributed by atoms with Crippen LogP contribution in [0.25, 0.3) is 0 Å². The van der Waals surface area contributed by atoms with Gasteiger partial charge in [0.2, 0.25) is 5.91 Å². The minimum absolute atomic E-state index is 0.0630. The van der Waals surface area contributed by atoms with E-state index in [1.165, 1.54) is 17.7 Å². The second-order valence-corrected chi connectivity index (χ2v) is 6.12. The smallest absolute Gasteiger partial charge is 0.238 e. The van der Waals surface area contributed by atoms with Crippen LogP contribution in [0.3, 0.4) is 0 Å². The molecule has 0 heterocycles. The average molecular weight is 314 g/mol. The van der Waals surface area contributed by atoms with Gasteiger partial charge in [0.05, 0.1) is 6.54 Å². The average Bonchev–Trinajstić information content (AvgIpc) is 2.50. The van der Waals surface area contributed by atoms with Gasteiger partial charge in [0.1, 0.15) is 5.82 Å². The number of benzene rings is 2. The van der Waals surface area contributed by atoms with Crippen LogP contribution in [0, 0.1) is 5.82 Å². The van der Waals surface area contributed by atoms with Crippen molar-refractivity contribution in [1.82, 2.24) is 4.90 Å². The molecule has 0 fully saturated rings. The van der Waals surface area contributed by atoms with Crippen LogP contribution in [0.1, 0.15) is 30.9 Å². The molecule has 0 aliphatic heterocycles. The summed E-state index contributed by atoms with van der Waals surface area (Å²) in [5.74, 6) is 0.160. The van der Waals surface area contributed by atoms with Crippen LogP contribution in [-0.2, 0) is 11.3 Å². The molecule has 0 unspecified atom stereocenters. The van der Waals surface area contributed by atoms with Crippen LogP contribution in [-0.4, -0.2) is 24.4 Å². The quantitative estimate of drug-likeness (QED) is 0.873. The number of halogens is 1. The Bertz CT molecular complexity index is 635. The molecule has 2 aromatic rings. The van der Waals surface area contributed by atoms with E-state index in [0.29, 0.717) is 12.5 Å². The van der Waals surface area contributed by atoms with Crippen molar-refractivity contribution in [2.75, 3.05) is 18.9 Å². The molecule has 0 saturated heterocycles. The van der Waals surface area contributed by atoms with E-state index in [4.69, 9.17) is 0 Å². The highest BCUT2D eigenvalue weighted by Crippen LogP contribution is 2.17. The van der Waals surface area contributed by atoms with Gasteiger partial charge in [0.25, 0.3) is 0 Å². The van der Waals surface area contributed by atoms with Crippen LogP contribution >= 0.6 is 0 Å². The number of hydrogen-bond acceptors (Lipinski definition) is 2. The van der Waals surface area contributed by atoms with E-state index in [1.54, 1.807) is 12.1 Å². The number of rotatable bonds is 6. The van der Waals surface area contributed by atoms with Crippen molar-refractivity contribution >= 4 is 11.6 Å². The predicted molar refractivity (Wildman–Crippen MR) is 91.9 cm³/mol. The van der Waals surface area contributed by atoms with E-state index in [1.807, 2.05) is 36.2 Å². The molecular formula is C19H23FN2O. The third-order valence-electron chi connectivity index (χ3n) is 3.64. The molecular weight excluding hydrogens is 291 g/mol.